The highest BCUT2D eigenvalue weighted by molar-refractivity contribution is 14.1. The summed E-state index contributed by atoms with van der Waals surface area (Å²) in [5, 5.41) is 26.4. The Kier molecular flexibility index (Phi) is 11.3. The van der Waals surface area contributed by atoms with Crippen LogP contribution < -0.4 is 15.4 Å². The molecule has 2 amide bonds. The maximum Gasteiger partial charge on any atom is 0.257 e. The summed E-state index contributed by atoms with van der Waals surface area (Å²) in [6.45, 7) is 3.75. The van der Waals surface area contributed by atoms with Crippen LogP contribution in [0.1, 0.15) is 58.4 Å². The predicted molar refractivity (Wildman–Crippen MR) is 190 cm³/mol. The number of hydrogen-bond acceptors (Lipinski definition) is 8. The Morgan fingerprint density at radius 1 is 0.918 bits per heavy atom. The molecule has 3 aromatic carbocycles. The molecule has 256 valence electrons. The molecule has 4 N–H and O–H groups in total. The van der Waals surface area contributed by atoms with E-state index in [4.69, 9.17) is 9.47 Å². The second-order valence-electron chi connectivity index (χ2n) is 12.4. The quantitative estimate of drug-likeness (QED) is 0.144. The topological polar surface area (TPSA) is 133 Å². The first-order valence-electron chi connectivity index (χ1n) is 16.4. The van der Waals surface area contributed by atoms with Gasteiger partial charge in [-0.25, -0.2) is 9.37 Å². The Hall–Kier alpha value is -4.27. The van der Waals surface area contributed by atoms with Crippen LogP contribution in [0.25, 0.3) is 11.1 Å². The Morgan fingerprint density at radius 3 is 2.45 bits per heavy atom. The number of phenols is 2. The Balaban J connectivity index is 1.11. The summed E-state index contributed by atoms with van der Waals surface area (Å²) in [6.07, 6.45) is 4.43. The summed E-state index contributed by atoms with van der Waals surface area (Å²) in [5.41, 5.74) is 2.95. The fourth-order valence-corrected chi connectivity index (χ4v) is 6.79. The molecule has 1 saturated heterocycles. The summed E-state index contributed by atoms with van der Waals surface area (Å²) in [6, 6.07) is 18.3. The molecule has 4 aromatic rings. The van der Waals surface area contributed by atoms with Crippen LogP contribution in [0.4, 0.5) is 4.39 Å². The van der Waals surface area contributed by atoms with E-state index in [9.17, 15) is 24.2 Å². The zero-order valence-electron chi connectivity index (χ0n) is 26.8. The molecule has 12 heteroatoms. The maximum absolute atomic E-state index is 14.4. The highest BCUT2D eigenvalue weighted by atomic mass is 127. The fraction of sp³-hybridized carbons (Fsp3) is 0.324. The minimum atomic E-state index is -0.663. The van der Waals surface area contributed by atoms with Crippen molar-refractivity contribution >= 4 is 34.4 Å². The van der Waals surface area contributed by atoms with E-state index in [0.29, 0.717) is 44.6 Å². The van der Waals surface area contributed by atoms with E-state index in [2.05, 4.69) is 43.1 Å². The molecule has 1 saturated carbocycles. The number of carbonyl (C=O) groups excluding carboxylic acids is 2. The molecular formula is C37H38FIN4O6. The maximum atomic E-state index is 14.4. The number of phenolic OH excluding ortho intramolecular Hbond substituents is 2. The highest BCUT2D eigenvalue weighted by Gasteiger charge is 2.27. The molecule has 1 aliphatic carbocycles. The second kappa shape index (κ2) is 16.0. The van der Waals surface area contributed by atoms with E-state index in [0.717, 1.165) is 58.6 Å². The van der Waals surface area contributed by atoms with Crippen molar-refractivity contribution < 1.29 is 33.7 Å². The van der Waals surface area contributed by atoms with Gasteiger partial charge in [0.1, 0.15) is 28.6 Å². The van der Waals surface area contributed by atoms with E-state index in [1.807, 2.05) is 24.3 Å². The smallest absolute Gasteiger partial charge is 0.257 e. The standard InChI is InChI=1S/C37H38FIN4O6/c38-25-19-33(36(47)42-28-8-6-27(7-9-28)41-35(46)32-20-26(39)5-12-34(32)45)37(40-21-25)49-30-4-1-3-23(18-30)31-11-10-29(44)17-24(31)22-43-13-2-15-48-16-14-43/h1,3-5,10-12,17-21,27-28,44-45H,2,6-9,13-16,22H2,(H,41,46)(H,42,47)/t27-,28+. The molecule has 6 rings (SSSR count). The van der Waals surface area contributed by atoms with Gasteiger partial charge in [-0.05, 0) is 120 Å². The van der Waals surface area contributed by atoms with E-state index >= 15 is 0 Å². The molecular weight excluding hydrogens is 742 g/mol. The minimum absolute atomic E-state index is 0.0233. The third-order valence-corrected chi connectivity index (χ3v) is 9.49. The summed E-state index contributed by atoms with van der Waals surface area (Å²) in [4.78, 5) is 32.6. The van der Waals surface area contributed by atoms with Gasteiger partial charge in [0, 0.05) is 41.9 Å². The summed E-state index contributed by atoms with van der Waals surface area (Å²) < 4.78 is 26.9. The number of ether oxygens (including phenoxy) is 2. The number of hydrogen-bond donors (Lipinski definition) is 4. The number of halogens is 2. The van der Waals surface area contributed by atoms with Gasteiger partial charge in [-0.1, -0.05) is 18.2 Å². The van der Waals surface area contributed by atoms with Crippen molar-refractivity contribution in [3.05, 3.63) is 99.0 Å². The molecule has 0 spiro atoms. The van der Waals surface area contributed by atoms with Gasteiger partial charge in [-0.3, -0.25) is 14.5 Å². The van der Waals surface area contributed by atoms with E-state index in [-0.39, 0.29) is 46.5 Å². The van der Waals surface area contributed by atoms with Crippen LogP contribution in [0, 0.1) is 9.39 Å². The molecule has 10 nitrogen and oxygen atoms in total. The monoisotopic (exact) mass is 780 g/mol. The molecule has 0 atom stereocenters. The molecule has 1 aliphatic heterocycles. The van der Waals surface area contributed by atoms with E-state index in [1.165, 1.54) is 6.07 Å². The first-order chi connectivity index (χ1) is 23.7. The number of amides is 2. The van der Waals surface area contributed by atoms with Gasteiger partial charge in [0.05, 0.1) is 18.4 Å². The van der Waals surface area contributed by atoms with Crippen molar-refractivity contribution in [1.82, 2.24) is 20.5 Å². The van der Waals surface area contributed by atoms with Gasteiger partial charge >= 0.3 is 0 Å². The normalized spacial score (nSPS) is 18.3. The van der Waals surface area contributed by atoms with Crippen LogP contribution in [-0.2, 0) is 11.3 Å². The molecule has 49 heavy (non-hydrogen) atoms. The Morgan fingerprint density at radius 2 is 1.67 bits per heavy atom. The molecule has 1 aromatic heterocycles. The Bertz CT molecular complexity index is 1810. The lowest BCUT2D eigenvalue weighted by Gasteiger charge is -2.30. The SMILES string of the molecule is O=C(N[C@H]1CC[C@@H](NC(=O)c2cc(F)cnc2Oc2cccc(-c3ccc(O)cc3CN3CCCOCC3)c2)CC1)c1cc(I)ccc1O. The largest absolute Gasteiger partial charge is 0.508 e. The van der Waals surface area contributed by atoms with Crippen molar-refractivity contribution in [3.8, 4) is 34.3 Å². The number of pyridine rings is 1. The summed E-state index contributed by atoms with van der Waals surface area (Å²) in [7, 11) is 0. The lowest BCUT2D eigenvalue weighted by Crippen LogP contribution is -2.44. The fourth-order valence-electron chi connectivity index (χ4n) is 6.30. The number of carbonyl (C=O) groups is 2. The number of nitrogens with zero attached hydrogens (tertiary/aromatic N) is 2. The first-order valence-corrected chi connectivity index (χ1v) is 17.5. The van der Waals surface area contributed by atoms with Crippen LogP contribution in [0.15, 0.2) is 72.9 Å². The van der Waals surface area contributed by atoms with Crippen molar-refractivity contribution in [2.75, 3.05) is 26.3 Å². The number of rotatable bonds is 9. The van der Waals surface area contributed by atoms with E-state index in [1.54, 1.807) is 30.3 Å². The van der Waals surface area contributed by atoms with Crippen LogP contribution >= 0.6 is 22.6 Å². The third-order valence-electron chi connectivity index (χ3n) is 8.82. The van der Waals surface area contributed by atoms with Crippen molar-refractivity contribution in [3.63, 3.8) is 0 Å². The lowest BCUT2D eigenvalue weighted by molar-refractivity contribution is 0.0888. The molecule has 2 aliphatic rings. The summed E-state index contributed by atoms with van der Waals surface area (Å²) in [5.74, 6) is -0.997. The first kappa shape index (κ1) is 34.6. The number of nitrogens with one attached hydrogen (secondary N) is 2. The van der Waals surface area contributed by atoms with Crippen molar-refractivity contribution in [2.24, 2.45) is 0 Å². The van der Waals surface area contributed by atoms with Crippen molar-refractivity contribution in [1.29, 1.82) is 0 Å². The van der Waals surface area contributed by atoms with E-state index < -0.39 is 11.7 Å². The van der Waals surface area contributed by atoms with Gasteiger partial charge in [0.15, 0.2) is 0 Å². The molecule has 0 radical (unpaired) electrons. The van der Waals surface area contributed by atoms with Gasteiger partial charge < -0.3 is 30.3 Å². The molecule has 2 fully saturated rings. The zero-order valence-corrected chi connectivity index (χ0v) is 29.0. The van der Waals surface area contributed by atoms with Crippen LogP contribution in [-0.4, -0.2) is 70.3 Å². The third kappa shape index (κ3) is 9.05. The van der Waals surface area contributed by atoms with Gasteiger partial charge in [0.25, 0.3) is 11.8 Å². The van der Waals surface area contributed by atoms with Gasteiger partial charge in [-0.15, -0.1) is 0 Å². The zero-order chi connectivity index (χ0) is 34.3. The predicted octanol–water partition coefficient (Wildman–Crippen LogP) is 6.39. The van der Waals surface area contributed by atoms with Gasteiger partial charge in [0.2, 0.25) is 5.88 Å². The molecule has 2 heterocycles. The minimum Gasteiger partial charge on any atom is -0.508 e. The second-order valence-corrected chi connectivity index (χ2v) is 13.6. The highest BCUT2D eigenvalue weighted by Crippen LogP contribution is 2.33. The molecule has 0 bridgehead atoms. The van der Waals surface area contributed by atoms with Crippen LogP contribution in [0.3, 0.4) is 0 Å². The van der Waals surface area contributed by atoms with Gasteiger partial charge in [-0.2, -0.15) is 0 Å². The van der Waals surface area contributed by atoms with Crippen LogP contribution in [0.5, 0.6) is 23.1 Å². The summed E-state index contributed by atoms with van der Waals surface area (Å²) >= 11 is 2.09. The van der Waals surface area contributed by atoms with Crippen molar-refractivity contribution in [2.45, 2.75) is 50.7 Å². The molecule has 0 unspecified atom stereocenters. The van der Waals surface area contributed by atoms with Crippen LogP contribution in [0.2, 0.25) is 0 Å². The average Bonchev–Trinajstić information content (AvgIpc) is 3.36. The Labute approximate surface area is 297 Å². The average molecular weight is 781 g/mol. The lowest BCUT2D eigenvalue weighted by atomic mass is 9.90. The number of aromatic nitrogens is 1. The number of benzene rings is 3. The number of aromatic hydroxyl groups is 2.